The predicted octanol–water partition coefficient (Wildman–Crippen LogP) is 1.57. The molecule has 0 radical (unpaired) electrons. The van der Waals surface area contributed by atoms with Gasteiger partial charge in [-0.3, -0.25) is 0 Å². The SMILES string of the molecule is CS(=O)(=O)N1C2CCC1CC(NS(=O)(=O)c1ccc(Cl)cc1)C2. The van der Waals surface area contributed by atoms with Gasteiger partial charge in [-0.25, -0.2) is 21.6 Å². The zero-order valence-electron chi connectivity index (χ0n) is 12.6. The minimum Gasteiger partial charge on any atom is -0.212 e. The average Bonchev–Trinajstić information content (AvgIpc) is 2.72. The molecule has 3 rings (SSSR count). The van der Waals surface area contributed by atoms with E-state index in [9.17, 15) is 16.8 Å². The number of rotatable bonds is 4. The number of nitrogens with zero attached hydrogens (tertiary/aromatic N) is 1. The Labute approximate surface area is 141 Å². The number of nitrogens with one attached hydrogen (secondary N) is 1. The first-order chi connectivity index (χ1) is 10.7. The van der Waals surface area contributed by atoms with E-state index in [1.807, 2.05) is 0 Å². The first kappa shape index (κ1) is 17.2. The predicted molar refractivity (Wildman–Crippen MR) is 88.3 cm³/mol. The molecule has 2 aliphatic heterocycles. The van der Waals surface area contributed by atoms with Crippen LogP contribution in [0.3, 0.4) is 0 Å². The summed E-state index contributed by atoms with van der Waals surface area (Å²) in [5.74, 6) is 0. The quantitative estimate of drug-likeness (QED) is 0.862. The first-order valence-electron chi connectivity index (χ1n) is 7.43. The summed E-state index contributed by atoms with van der Waals surface area (Å²) in [5, 5.41) is 0.475. The van der Waals surface area contributed by atoms with E-state index in [0.717, 1.165) is 12.8 Å². The van der Waals surface area contributed by atoms with Crippen LogP contribution in [0.2, 0.25) is 5.02 Å². The van der Waals surface area contributed by atoms with Gasteiger partial charge in [0.15, 0.2) is 0 Å². The summed E-state index contributed by atoms with van der Waals surface area (Å²) in [4.78, 5) is 0.166. The van der Waals surface area contributed by atoms with E-state index in [4.69, 9.17) is 11.6 Å². The minimum absolute atomic E-state index is 0.110. The number of halogens is 1. The van der Waals surface area contributed by atoms with Crippen LogP contribution in [0.1, 0.15) is 25.7 Å². The van der Waals surface area contributed by atoms with Crippen LogP contribution in [0.5, 0.6) is 0 Å². The van der Waals surface area contributed by atoms with Crippen LogP contribution in [0.15, 0.2) is 29.2 Å². The molecule has 9 heteroatoms. The molecule has 0 saturated carbocycles. The molecule has 6 nitrogen and oxygen atoms in total. The molecule has 1 aromatic rings. The highest BCUT2D eigenvalue weighted by molar-refractivity contribution is 7.89. The zero-order chi connectivity index (χ0) is 16.8. The van der Waals surface area contributed by atoms with Gasteiger partial charge in [0.25, 0.3) is 0 Å². The van der Waals surface area contributed by atoms with Crippen LogP contribution in [0.4, 0.5) is 0 Å². The second-order valence-electron chi connectivity index (χ2n) is 6.22. The molecule has 23 heavy (non-hydrogen) atoms. The van der Waals surface area contributed by atoms with Crippen molar-refractivity contribution in [2.24, 2.45) is 0 Å². The maximum atomic E-state index is 12.4. The van der Waals surface area contributed by atoms with Crippen molar-refractivity contribution >= 4 is 31.6 Å². The van der Waals surface area contributed by atoms with Gasteiger partial charge in [-0.2, -0.15) is 4.31 Å². The molecule has 0 spiro atoms. The number of hydrogen-bond donors (Lipinski definition) is 1. The molecular formula is C14H19ClN2O4S2. The zero-order valence-corrected chi connectivity index (χ0v) is 15.0. The van der Waals surface area contributed by atoms with Gasteiger partial charge in [-0.05, 0) is 49.9 Å². The third-order valence-corrected chi connectivity index (χ3v) is 7.65. The highest BCUT2D eigenvalue weighted by Crippen LogP contribution is 2.37. The Morgan fingerprint density at radius 1 is 1.04 bits per heavy atom. The third kappa shape index (κ3) is 3.56. The molecule has 2 heterocycles. The average molecular weight is 379 g/mol. The lowest BCUT2D eigenvalue weighted by Gasteiger charge is -2.37. The molecule has 2 aliphatic rings. The maximum absolute atomic E-state index is 12.4. The summed E-state index contributed by atoms with van der Waals surface area (Å²) < 4.78 is 52.9. The van der Waals surface area contributed by atoms with Gasteiger partial charge in [0, 0.05) is 23.1 Å². The van der Waals surface area contributed by atoms with Crippen LogP contribution in [-0.4, -0.2) is 45.5 Å². The second-order valence-corrected chi connectivity index (χ2v) is 10.3. The van der Waals surface area contributed by atoms with Crippen molar-refractivity contribution < 1.29 is 16.8 Å². The molecule has 128 valence electrons. The summed E-state index contributed by atoms with van der Waals surface area (Å²) in [5.41, 5.74) is 0. The van der Waals surface area contributed by atoms with Gasteiger partial charge in [0.1, 0.15) is 0 Å². The van der Waals surface area contributed by atoms with E-state index < -0.39 is 20.0 Å². The Hall–Kier alpha value is -0.670. The molecule has 0 aromatic heterocycles. The Morgan fingerprint density at radius 3 is 2.04 bits per heavy atom. The van der Waals surface area contributed by atoms with E-state index in [1.165, 1.54) is 30.5 Å². The Kier molecular flexibility index (Phi) is 4.48. The molecule has 2 atom stereocenters. The molecule has 1 N–H and O–H groups in total. The monoisotopic (exact) mass is 378 g/mol. The molecule has 2 bridgehead atoms. The number of sulfonamides is 2. The Morgan fingerprint density at radius 2 is 1.57 bits per heavy atom. The molecule has 1 aromatic carbocycles. The number of fused-ring (bicyclic) bond motifs is 2. The van der Waals surface area contributed by atoms with E-state index in [1.54, 1.807) is 4.31 Å². The van der Waals surface area contributed by atoms with Crippen molar-refractivity contribution in [1.29, 1.82) is 0 Å². The van der Waals surface area contributed by atoms with E-state index in [2.05, 4.69) is 4.72 Å². The number of benzene rings is 1. The van der Waals surface area contributed by atoms with Crippen molar-refractivity contribution in [2.75, 3.05) is 6.26 Å². The van der Waals surface area contributed by atoms with Crippen molar-refractivity contribution in [3.63, 3.8) is 0 Å². The Balaban J connectivity index is 1.75. The van der Waals surface area contributed by atoms with Gasteiger partial charge in [-0.15, -0.1) is 0 Å². The highest BCUT2D eigenvalue weighted by Gasteiger charge is 2.45. The number of hydrogen-bond acceptors (Lipinski definition) is 4. The summed E-state index contributed by atoms with van der Waals surface area (Å²) >= 11 is 5.78. The number of piperidine rings is 1. The minimum atomic E-state index is -3.63. The van der Waals surface area contributed by atoms with Crippen LogP contribution in [-0.2, 0) is 20.0 Å². The highest BCUT2D eigenvalue weighted by atomic mass is 35.5. The lowest BCUT2D eigenvalue weighted by Crippen LogP contribution is -2.51. The third-order valence-electron chi connectivity index (χ3n) is 4.49. The fourth-order valence-electron chi connectivity index (χ4n) is 3.67. The Bertz CT molecular complexity index is 779. The lowest BCUT2D eigenvalue weighted by atomic mass is 10.0. The molecule has 2 fully saturated rings. The lowest BCUT2D eigenvalue weighted by molar-refractivity contribution is 0.221. The van der Waals surface area contributed by atoms with E-state index in [0.29, 0.717) is 17.9 Å². The summed E-state index contributed by atoms with van der Waals surface area (Å²) in [6.07, 6.45) is 3.82. The largest absolute Gasteiger partial charge is 0.240 e. The fourth-order valence-corrected chi connectivity index (χ4v) is 6.53. The van der Waals surface area contributed by atoms with Gasteiger partial charge in [-0.1, -0.05) is 11.6 Å². The van der Waals surface area contributed by atoms with Gasteiger partial charge < -0.3 is 0 Å². The molecule has 0 aliphatic carbocycles. The normalized spacial score (nSPS) is 28.9. The van der Waals surface area contributed by atoms with Crippen molar-refractivity contribution in [3.05, 3.63) is 29.3 Å². The second kappa shape index (κ2) is 6.00. The van der Waals surface area contributed by atoms with Gasteiger partial charge in [0.05, 0.1) is 11.2 Å². The standard InChI is InChI=1S/C14H19ClN2O4S2/c1-22(18,19)17-12-4-5-13(17)9-11(8-12)16-23(20,21)14-6-2-10(15)3-7-14/h2-3,6-7,11-13,16H,4-5,8-9H2,1H3. The van der Waals surface area contributed by atoms with Crippen LogP contribution >= 0.6 is 11.6 Å². The van der Waals surface area contributed by atoms with E-state index >= 15 is 0 Å². The van der Waals surface area contributed by atoms with Crippen LogP contribution < -0.4 is 4.72 Å². The van der Waals surface area contributed by atoms with Gasteiger partial charge >= 0.3 is 0 Å². The molecule has 0 amide bonds. The van der Waals surface area contributed by atoms with Crippen molar-refractivity contribution in [2.45, 2.75) is 48.7 Å². The van der Waals surface area contributed by atoms with Crippen molar-refractivity contribution in [1.82, 2.24) is 9.03 Å². The van der Waals surface area contributed by atoms with E-state index in [-0.39, 0.29) is 23.0 Å². The smallest absolute Gasteiger partial charge is 0.212 e. The van der Waals surface area contributed by atoms with Crippen LogP contribution in [0, 0.1) is 0 Å². The summed E-state index contributed by atoms with van der Waals surface area (Å²) in [6, 6.07) is 5.53. The molecule has 2 unspecified atom stereocenters. The molecular weight excluding hydrogens is 360 g/mol. The summed E-state index contributed by atoms with van der Waals surface area (Å²) in [7, 11) is -6.87. The first-order valence-corrected chi connectivity index (χ1v) is 11.1. The molecule has 2 saturated heterocycles. The summed E-state index contributed by atoms with van der Waals surface area (Å²) in [6.45, 7) is 0. The van der Waals surface area contributed by atoms with Crippen molar-refractivity contribution in [3.8, 4) is 0 Å². The van der Waals surface area contributed by atoms with Crippen LogP contribution in [0.25, 0.3) is 0 Å². The van der Waals surface area contributed by atoms with Gasteiger partial charge in [0.2, 0.25) is 20.0 Å². The maximum Gasteiger partial charge on any atom is 0.240 e. The topological polar surface area (TPSA) is 83.6 Å². The fraction of sp³-hybridized carbons (Fsp3) is 0.571.